The third-order valence-corrected chi connectivity index (χ3v) is 3.85. The summed E-state index contributed by atoms with van der Waals surface area (Å²) in [5.41, 5.74) is 0.818. The van der Waals surface area contributed by atoms with Crippen molar-refractivity contribution in [2.75, 3.05) is 7.05 Å². The average molecular weight is 277 g/mol. The molecule has 19 heavy (non-hydrogen) atoms. The number of hydrogen-bond donors (Lipinski definition) is 1. The lowest BCUT2D eigenvalue weighted by Crippen LogP contribution is -2.22. The Morgan fingerprint density at radius 3 is 2.95 bits per heavy atom. The summed E-state index contributed by atoms with van der Waals surface area (Å²) in [6, 6.07) is 5.22. The van der Waals surface area contributed by atoms with E-state index in [1.807, 2.05) is 18.5 Å². The molecule has 0 saturated carbocycles. The predicted molar refractivity (Wildman–Crippen MR) is 73.2 cm³/mol. The number of pyridine rings is 1. The van der Waals surface area contributed by atoms with Crippen LogP contribution in [-0.4, -0.2) is 33.0 Å². The van der Waals surface area contributed by atoms with E-state index < -0.39 is 5.97 Å². The summed E-state index contributed by atoms with van der Waals surface area (Å²) in [6.45, 7) is 2.65. The molecule has 0 amide bonds. The normalized spacial score (nSPS) is 12.6. The fourth-order valence-electron chi connectivity index (χ4n) is 1.71. The van der Waals surface area contributed by atoms with Crippen LogP contribution in [0.5, 0.6) is 0 Å². The third kappa shape index (κ3) is 3.36. The maximum Gasteiger partial charge on any atom is 0.354 e. The molecule has 6 heteroatoms. The molecule has 0 spiro atoms. The standard InChI is InChI=1S/C13H15N3O2S/c1-9(12-14-6-7-19-12)16(2)8-10-4-3-5-11(15-10)13(17)18/h3-7,9H,8H2,1-2H3,(H,17,18)/t9-/m0/s1. The monoisotopic (exact) mass is 277 g/mol. The van der Waals surface area contributed by atoms with Crippen molar-refractivity contribution in [1.82, 2.24) is 14.9 Å². The molecule has 2 heterocycles. The highest BCUT2D eigenvalue weighted by molar-refractivity contribution is 7.09. The van der Waals surface area contributed by atoms with Crippen LogP contribution in [0.3, 0.4) is 0 Å². The SMILES string of the molecule is C[C@@H](c1nccs1)N(C)Cc1cccc(C(=O)O)n1. The summed E-state index contributed by atoms with van der Waals surface area (Å²) in [6.07, 6.45) is 1.79. The van der Waals surface area contributed by atoms with Gasteiger partial charge < -0.3 is 5.11 Å². The van der Waals surface area contributed by atoms with Crippen molar-refractivity contribution in [3.05, 3.63) is 46.2 Å². The molecule has 0 unspecified atom stereocenters. The number of carbonyl (C=O) groups is 1. The molecule has 1 N–H and O–H groups in total. The smallest absolute Gasteiger partial charge is 0.354 e. The van der Waals surface area contributed by atoms with Crippen molar-refractivity contribution in [2.24, 2.45) is 0 Å². The van der Waals surface area contributed by atoms with Gasteiger partial charge >= 0.3 is 5.97 Å². The van der Waals surface area contributed by atoms with Crippen molar-refractivity contribution in [3.8, 4) is 0 Å². The topological polar surface area (TPSA) is 66.3 Å². The molecular weight excluding hydrogens is 262 g/mol. The molecule has 2 aromatic rings. The molecule has 0 fully saturated rings. The van der Waals surface area contributed by atoms with Gasteiger partial charge in [0, 0.05) is 18.1 Å². The van der Waals surface area contributed by atoms with E-state index in [-0.39, 0.29) is 11.7 Å². The highest BCUT2D eigenvalue weighted by Crippen LogP contribution is 2.21. The van der Waals surface area contributed by atoms with E-state index in [1.54, 1.807) is 23.6 Å². The van der Waals surface area contributed by atoms with Crippen LogP contribution in [0.1, 0.15) is 34.2 Å². The Morgan fingerprint density at radius 1 is 1.53 bits per heavy atom. The average Bonchev–Trinajstić information content (AvgIpc) is 2.92. The highest BCUT2D eigenvalue weighted by Gasteiger charge is 2.15. The number of carboxylic acids is 1. The van der Waals surface area contributed by atoms with Gasteiger partial charge in [0.05, 0.1) is 11.7 Å². The molecule has 2 aromatic heterocycles. The van der Waals surface area contributed by atoms with Crippen LogP contribution in [0.2, 0.25) is 0 Å². The van der Waals surface area contributed by atoms with Crippen molar-refractivity contribution in [2.45, 2.75) is 19.5 Å². The molecule has 0 aromatic carbocycles. The van der Waals surface area contributed by atoms with Gasteiger partial charge in [-0.25, -0.2) is 14.8 Å². The molecular formula is C13H15N3O2S. The number of nitrogens with zero attached hydrogens (tertiary/aromatic N) is 3. The molecule has 1 atom stereocenters. The summed E-state index contributed by atoms with van der Waals surface area (Å²) in [5, 5.41) is 11.9. The van der Waals surface area contributed by atoms with E-state index in [0.717, 1.165) is 10.7 Å². The summed E-state index contributed by atoms with van der Waals surface area (Å²) in [4.78, 5) is 21.4. The molecule has 5 nitrogen and oxygen atoms in total. The molecule has 0 saturated heterocycles. The van der Waals surface area contributed by atoms with E-state index in [2.05, 4.69) is 21.8 Å². The van der Waals surface area contributed by atoms with Gasteiger partial charge in [-0.3, -0.25) is 4.90 Å². The van der Waals surface area contributed by atoms with Crippen LogP contribution in [0.4, 0.5) is 0 Å². The Hall–Kier alpha value is -1.79. The minimum atomic E-state index is -1.00. The zero-order valence-electron chi connectivity index (χ0n) is 10.8. The first kappa shape index (κ1) is 13.6. The lowest BCUT2D eigenvalue weighted by molar-refractivity contribution is 0.0690. The number of carboxylic acid groups (broad SMARTS) is 1. The largest absolute Gasteiger partial charge is 0.477 e. The summed E-state index contributed by atoms with van der Waals surface area (Å²) >= 11 is 1.61. The summed E-state index contributed by atoms with van der Waals surface area (Å²) in [5.74, 6) is -1.00. The Balaban J connectivity index is 2.08. The first-order valence-electron chi connectivity index (χ1n) is 5.87. The Kier molecular flexibility index (Phi) is 4.24. The van der Waals surface area contributed by atoms with E-state index in [1.165, 1.54) is 6.07 Å². The van der Waals surface area contributed by atoms with Gasteiger partial charge in [0.15, 0.2) is 0 Å². The van der Waals surface area contributed by atoms with Crippen LogP contribution < -0.4 is 0 Å². The van der Waals surface area contributed by atoms with Gasteiger partial charge in [-0.05, 0) is 26.1 Å². The maximum atomic E-state index is 10.9. The molecule has 0 aliphatic carbocycles. The van der Waals surface area contributed by atoms with E-state index in [9.17, 15) is 4.79 Å². The maximum absolute atomic E-state index is 10.9. The second-order valence-electron chi connectivity index (χ2n) is 4.28. The minimum Gasteiger partial charge on any atom is -0.477 e. The van der Waals surface area contributed by atoms with Gasteiger partial charge in [-0.15, -0.1) is 11.3 Å². The lowest BCUT2D eigenvalue weighted by atomic mass is 10.2. The van der Waals surface area contributed by atoms with E-state index in [0.29, 0.717) is 6.54 Å². The Labute approximate surface area is 115 Å². The molecule has 0 aliphatic heterocycles. The van der Waals surface area contributed by atoms with E-state index in [4.69, 9.17) is 5.11 Å². The number of aromatic nitrogens is 2. The molecule has 0 aliphatic rings. The van der Waals surface area contributed by atoms with Crippen LogP contribution in [-0.2, 0) is 6.54 Å². The molecule has 100 valence electrons. The van der Waals surface area contributed by atoms with Crippen LogP contribution in [0, 0.1) is 0 Å². The fraction of sp³-hybridized carbons (Fsp3) is 0.308. The Bertz CT molecular complexity index is 557. The highest BCUT2D eigenvalue weighted by atomic mass is 32.1. The molecule has 2 rings (SSSR count). The second kappa shape index (κ2) is 5.90. The fourth-order valence-corrected chi connectivity index (χ4v) is 2.47. The van der Waals surface area contributed by atoms with Gasteiger partial charge in [0.1, 0.15) is 10.7 Å². The van der Waals surface area contributed by atoms with Gasteiger partial charge in [0.25, 0.3) is 0 Å². The second-order valence-corrected chi connectivity index (χ2v) is 5.21. The van der Waals surface area contributed by atoms with Crippen molar-refractivity contribution >= 4 is 17.3 Å². The van der Waals surface area contributed by atoms with Crippen LogP contribution in [0.25, 0.3) is 0 Å². The summed E-state index contributed by atoms with van der Waals surface area (Å²) < 4.78 is 0. The third-order valence-electron chi connectivity index (χ3n) is 2.91. The molecule has 0 bridgehead atoms. The zero-order valence-corrected chi connectivity index (χ0v) is 11.6. The quantitative estimate of drug-likeness (QED) is 0.909. The summed E-state index contributed by atoms with van der Waals surface area (Å²) in [7, 11) is 1.97. The number of thiazole rings is 1. The predicted octanol–water partition coefficient (Wildman–Crippen LogP) is 2.43. The Morgan fingerprint density at radius 2 is 2.32 bits per heavy atom. The van der Waals surface area contributed by atoms with Crippen molar-refractivity contribution in [3.63, 3.8) is 0 Å². The zero-order chi connectivity index (χ0) is 13.8. The number of rotatable bonds is 5. The lowest BCUT2D eigenvalue weighted by Gasteiger charge is -2.22. The molecule has 0 radical (unpaired) electrons. The number of aromatic carboxylic acids is 1. The first-order valence-corrected chi connectivity index (χ1v) is 6.74. The number of hydrogen-bond acceptors (Lipinski definition) is 5. The van der Waals surface area contributed by atoms with Gasteiger partial charge in [0.2, 0.25) is 0 Å². The van der Waals surface area contributed by atoms with Crippen LogP contribution >= 0.6 is 11.3 Å². The van der Waals surface area contributed by atoms with Crippen molar-refractivity contribution in [1.29, 1.82) is 0 Å². The minimum absolute atomic E-state index is 0.0767. The van der Waals surface area contributed by atoms with Crippen molar-refractivity contribution < 1.29 is 9.90 Å². The first-order chi connectivity index (χ1) is 9.08. The van der Waals surface area contributed by atoms with Gasteiger partial charge in [-0.2, -0.15) is 0 Å². The van der Waals surface area contributed by atoms with Gasteiger partial charge in [-0.1, -0.05) is 6.07 Å². The van der Waals surface area contributed by atoms with Crippen LogP contribution in [0.15, 0.2) is 29.8 Å². The van der Waals surface area contributed by atoms with E-state index >= 15 is 0 Å².